The highest BCUT2D eigenvalue weighted by Crippen LogP contribution is 2.30. The number of sulfonamides is 1. The Labute approximate surface area is 121 Å². The smallest absolute Gasteiger partial charge is 0.240 e. The predicted octanol–water partition coefficient (Wildman–Crippen LogP) is 0.136. The number of nitrogens with two attached hydrogens (primary N) is 1. The Balaban J connectivity index is 2.40. The van der Waals surface area contributed by atoms with Gasteiger partial charge in [-0.05, 0) is 25.2 Å². The number of anilines is 1. The molecule has 0 aromatic heterocycles. The fourth-order valence-corrected chi connectivity index (χ4v) is 3.07. The van der Waals surface area contributed by atoms with Gasteiger partial charge in [0.15, 0.2) is 0 Å². The van der Waals surface area contributed by atoms with Crippen LogP contribution in [-0.2, 0) is 14.8 Å². The predicted molar refractivity (Wildman–Crippen MR) is 72.5 cm³/mol. The number of nitrogens with zero attached hydrogens (tertiary/aromatic N) is 1. The van der Waals surface area contributed by atoms with Crippen LogP contribution in [-0.4, -0.2) is 40.1 Å². The lowest BCUT2D eigenvalue weighted by Crippen LogP contribution is -2.40. The summed E-state index contributed by atoms with van der Waals surface area (Å²) in [7, 11) is -2.57. The molecule has 1 aromatic rings. The van der Waals surface area contributed by atoms with Crippen LogP contribution in [0.15, 0.2) is 23.1 Å². The SMILES string of the molecule is CNS(=O)(=O)c1ccc(N2C[C@H](F)C[C@H]2C(N)=O)c(F)c1. The van der Waals surface area contributed by atoms with Crippen molar-refractivity contribution in [3.8, 4) is 0 Å². The van der Waals surface area contributed by atoms with E-state index >= 15 is 0 Å². The number of carbonyl (C=O) groups is 1. The summed E-state index contributed by atoms with van der Waals surface area (Å²) in [6, 6.07) is 2.27. The molecule has 1 fully saturated rings. The monoisotopic (exact) mass is 319 g/mol. The lowest BCUT2D eigenvalue weighted by molar-refractivity contribution is -0.119. The van der Waals surface area contributed by atoms with E-state index < -0.39 is 34.0 Å². The summed E-state index contributed by atoms with van der Waals surface area (Å²) < 4.78 is 52.8. The summed E-state index contributed by atoms with van der Waals surface area (Å²) >= 11 is 0. The van der Waals surface area contributed by atoms with E-state index in [2.05, 4.69) is 4.72 Å². The van der Waals surface area contributed by atoms with E-state index in [9.17, 15) is 22.0 Å². The van der Waals surface area contributed by atoms with Gasteiger partial charge < -0.3 is 10.6 Å². The number of amides is 1. The second kappa shape index (κ2) is 5.57. The second-order valence-electron chi connectivity index (χ2n) is 4.72. The van der Waals surface area contributed by atoms with Gasteiger partial charge in [0.2, 0.25) is 15.9 Å². The van der Waals surface area contributed by atoms with Crippen LogP contribution in [0.5, 0.6) is 0 Å². The molecule has 1 amide bonds. The molecule has 0 bridgehead atoms. The molecule has 0 spiro atoms. The number of nitrogens with one attached hydrogen (secondary N) is 1. The van der Waals surface area contributed by atoms with Crippen molar-refractivity contribution in [2.24, 2.45) is 5.73 Å². The van der Waals surface area contributed by atoms with Gasteiger partial charge in [0.25, 0.3) is 0 Å². The first-order valence-corrected chi connectivity index (χ1v) is 7.67. The number of alkyl halides is 1. The maximum atomic E-state index is 14.1. The van der Waals surface area contributed by atoms with E-state index in [1.165, 1.54) is 24.1 Å². The van der Waals surface area contributed by atoms with Gasteiger partial charge in [-0.25, -0.2) is 21.9 Å². The van der Waals surface area contributed by atoms with Crippen LogP contribution in [0.25, 0.3) is 0 Å². The zero-order valence-corrected chi connectivity index (χ0v) is 12.0. The molecule has 6 nitrogen and oxygen atoms in total. The zero-order valence-electron chi connectivity index (χ0n) is 11.2. The fraction of sp³-hybridized carbons (Fsp3) is 0.417. The molecule has 1 heterocycles. The van der Waals surface area contributed by atoms with Gasteiger partial charge in [-0.15, -0.1) is 0 Å². The van der Waals surface area contributed by atoms with Gasteiger partial charge in [0.1, 0.15) is 18.0 Å². The van der Waals surface area contributed by atoms with E-state index in [-0.39, 0.29) is 23.5 Å². The summed E-state index contributed by atoms with van der Waals surface area (Å²) in [6.07, 6.45) is -1.40. The summed E-state index contributed by atoms with van der Waals surface area (Å²) in [5.74, 6) is -1.60. The molecule has 1 aliphatic rings. The van der Waals surface area contributed by atoms with Gasteiger partial charge in [-0.1, -0.05) is 0 Å². The quantitative estimate of drug-likeness (QED) is 0.825. The van der Waals surface area contributed by atoms with E-state index in [0.717, 1.165) is 6.07 Å². The van der Waals surface area contributed by atoms with Crippen molar-refractivity contribution >= 4 is 21.6 Å². The molecule has 2 atom stereocenters. The summed E-state index contributed by atoms with van der Waals surface area (Å²) in [5.41, 5.74) is 5.14. The summed E-state index contributed by atoms with van der Waals surface area (Å²) in [5, 5.41) is 0. The average molecular weight is 319 g/mol. The summed E-state index contributed by atoms with van der Waals surface area (Å²) in [4.78, 5) is 12.3. The molecular weight excluding hydrogens is 304 g/mol. The van der Waals surface area contributed by atoms with Crippen molar-refractivity contribution in [3.05, 3.63) is 24.0 Å². The second-order valence-corrected chi connectivity index (χ2v) is 6.61. The van der Waals surface area contributed by atoms with Crippen molar-refractivity contribution in [1.82, 2.24) is 4.72 Å². The van der Waals surface area contributed by atoms with E-state index in [1.54, 1.807) is 0 Å². The highest BCUT2D eigenvalue weighted by atomic mass is 32.2. The number of hydrogen-bond donors (Lipinski definition) is 2. The number of benzene rings is 1. The normalized spacial score (nSPS) is 22.5. The number of rotatable bonds is 4. The first kappa shape index (κ1) is 15.6. The van der Waals surface area contributed by atoms with E-state index in [1.807, 2.05) is 0 Å². The maximum Gasteiger partial charge on any atom is 0.240 e. The van der Waals surface area contributed by atoms with Crippen LogP contribution in [0, 0.1) is 5.82 Å². The lowest BCUT2D eigenvalue weighted by Gasteiger charge is -2.24. The highest BCUT2D eigenvalue weighted by Gasteiger charge is 2.37. The van der Waals surface area contributed by atoms with Crippen LogP contribution >= 0.6 is 0 Å². The minimum absolute atomic E-state index is 0.0472. The third-order valence-corrected chi connectivity index (χ3v) is 4.80. The minimum Gasteiger partial charge on any atom is -0.368 e. The minimum atomic E-state index is -3.78. The largest absolute Gasteiger partial charge is 0.368 e. The van der Waals surface area contributed by atoms with Crippen LogP contribution in [0.2, 0.25) is 0 Å². The molecule has 116 valence electrons. The Kier molecular flexibility index (Phi) is 4.15. The fourth-order valence-electron chi connectivity index (χ4n) is 2.33. The first-order valence-electron chi connectivity index (χ1n) is 6.19. The van der Waals surface area contributed by atoms with Crippen LogP contribution < -0.4 is 15.4 Å². The average Bonchev–Trinajstić information content (AvgIpc) is 2.80. The Morgan fingerprint density at radius 1 is 1.48 bits per heavy atom. The number of halogens is 2. The van der Waals surface area contributed by atoms with Crippen molar-refractivity contribution in [1.29, 1.82) is 0 Å². The number of carbonyl (C=O) groups excluding carboxylic acids is 1. The Hall–Kier alpha value is -1.74. The van der Waals surface area contributed by atoms with Crippen LogP contribution in [0.1, 0.15) is 6.42 Å². The number of hydrogen-bond acceptors (Lipinski definition) is 4. The topological polar surface area (TPSA) is 92.5 Å². The third kappa shape index (κ3) is 2.98. The van der Waals surface area contributed by atoms with Crippen molar-refractivity contribution in [2.45, 2.75) is 23.5 Å². The van der Waals surface area contributed by atoms with E-state index in [4.69, 9.17) is 5.73 Å². The van der Waals surface area contributed by atoms with Gasteiger partial charge >= 0.3 is 0 Å². The Morgan fingerprint density at radius 3 is 2.67 bits per heavy atom. The molecule has 0 saturated carbocycles. The molecular formula is C12H15F2N3O3S. The van der Waals surface area contributed by atoms with Crippen molar-refractivity contribution < 1.29 is 22.0 Å². The first-order chi connectivity index (χ1) is 9.76. The lowest BCUT2D eigenvalue weighted by atomic mass is 10.2. The molecule has 3 N–H and O–H groups in total. The molecule has 0 aliphatic carbocycles. The van der Waals surface area contributed by atoms with Crippen LogP contribution in [0.4, 0.5) is 14.5 Å². The zero-order chi connectivity index (χ0) is 15.8. The van der Waals surface area contributed by atoms with E-state index in [0.29, 0.717) is 0 Å². The van der Waals surface area contributed by atoms with Crippen molar-refractivity contribution in [3.63, 3.8) is 0 Å². The molecule has 1 aliphatic heterocycles. The van der Waals surface area contributed by atoms with Gasteiger partial charge in [-0.2, -0.15) is 0 Å². The molecule has 0 radical (unpaired) electrons. The standard InChI is InChI=1S/C12H15F2N3O3S/c1-16-21(19,20)8-2-3-10(9(14)5-8)17-6-7(13)4-11(17)12(15)18/h2-3,5,7,11,16H,4,6H2,1H3,(H2,15,18)/t7-,11+/m1/s1. The Bertz CT molecular complexity index is 666. The highest BCUT2D eigenvalue weighted by molar-refractivity contribution is 7.89. The van der Waals surface area contributed by atoms with Gasteiger partial charge in [-0.3, -0.25) is 4.79 Å². The molecule has 1 saturated heterocycles. The molecule has 0 unspecified atom stereocenters. The molecule has 9 heteroatoms. The van der Waals surface area contributed by atoms with Crippen molar-refractivity contribution in [2.75, 3.05) is 18.5 Å². The maximum absolute atomic E-state index is 14.1. The third-order valence-electron chi connectivity index (χ3n) is 3.39. The number of primary amides is 1. The van der Waals surface area contributed by atoms with Gasteiger partial charge in [0.05, 0.1) is 17.1 Å². The molecule has 21 heavy (non-hydrogen) atoms. The summed E-state index contributed by atoms with van der Waals surface area (Å²) in [6.45, 7) is -0.164. The Morgan fingerprint density at radius 2 is 2.14 bits per heavy atom. The molecule has 2 rings (SSSR count). The molecule has 1 aromatic carbocycles. The van der Waals surface area contributed by atoms with Gasteiger partial charge in [0, 0.05) is 6.42 Å². The van der Waals surface area contributed by atoms with Crippen LogP contribution in [0.3, 0.4) is 0 Å².